The predicted molar refractivity (Wildman–Crippen MR) is 156 cm³/mol. The monoisotopic (exact) mass is 502 g/mol. The second-order valence-corrected chi connectivity index (χ2v) is 9.59. The van der Waals surface area contributed by atoms with E-state index in [0.29, 0.717) is 0 Å². The summed E-state index contributed by atoms with van der Waals surface area (Å²) in [5.41, 5.74) is 7.85. The van der Waals surface area contributed by atoms with E-state index in [0.717, 1.165) is 22.7 Å². The van der Waals surface area contributed by atoms with Gasteiger partial charge in [-0.25, -0.2) is 0 Å². The highest BCUT2D eigenvalue weighted by Crippen LogP contribution is 2.46. The number of aliphatic imine (C=N–C) groups is 1. The molecular weight excluding hydrogens is 468 g/mol. The zero-order chi connectivity index (χ0) is 26.5. The van der Waals surface area contributed by atoms with E-state index in [4.69, 9.17) is 9.73 Å². The zero-order valence-electron chi connectivity index (χ0n) is 22.3. The number of rotatable bonds is 2. The summed E-state index contributed by atoms with van der Waals surface area (Å²) in [7, 11) is 0. The number of nitrogens with zero attached hydrogens (tertiary/aromatic N) is 2. The van der Waals surface area contributed by atoms with E-state index < -0.39 is 0 Å². The van der Waals surface area contributed by atoms with Crippen LogP contribution in [0.4, 0.5) is 5.69 Å². The van der Waals surface area contributed by atoms with Gasteiger partial charge in [0.1, 0.15) is 17.6 Å². The lowest BCUT2D eigenvalue weighted by molar-refractivity contribution is 0.254. The van der Waals surface area contributed by atoms with Crippen molar-refractivity contribution in [3.63, 3.8) is 0 Å². The molecule has 2 atom stereocenters. The Morgan fingerprint density at radius 2 is 1.45 bits per heavy atom. The summed E-state index contributed by atoms with van der Waals surface area (Å²) in [5, 5.41) is 7.00. The molecule has 0 fully saturated rings. The van der Waals surface area contributed by atoms with E-state index in [1.165, 1.54) is 22.4 Å². The molecular formula is C33H34N4O. The fraction of sp³-hybridized carbons (Fsp3) is 0.212. The first-order valence-corrected chi connectivity index (χ1v) is 13.2. The van der Waals surface area contributed by atoms with Gasteiger partial charge in [-0.15, -0.1) is 0 Å². The van der Waals surface area contributed by atoms with E-state index in [2.05, 4.69) is 59.8 Å². The Morgan fingerprint density at radius 3 is 2.13 bits per heavy atom. The van der Waals surface area contributed by atoms with Crippen LogP contribution in [0.5, 0.6) is 5.75 Å². The first-order chi connectivity index (χ1) is 18.6. The van der Waals surface area contributed by atoms with Gasteiger partial charge in [-0.3, -0.25) is 9.98 Å². The number of ether oxygens (including phenoxy) is 1. The lowest BCUT2D eigenvalue weighted by atomic mass is 9.81. The molecule has 0 saturated carbocycles. The van der Waals surface area contributed by atoms with Crippen LogP contribution in [-0.4, -0.2) is 11.2 Å². The van der Waals surface area contributed by atoms with E-state index in [-0.39, 0.29) is 17.8 Å². The molecule has 2 N–H and O–H groups in total. The molecule has 0 bridgehead atoms. The molecule has 3 aliphatic rings. The van der Waals surface area contributed by atoms with Crippen LogP contribution in [0.25, 0.3) is 5.70 Å². The van der Waals surface area contributed by atoms with Crippen molar-refractivity contribution in [2.45, 2.75) is 45.5 Å². The molecule has 0 amide bonds. The maximum absolute atomic E-state index is 5.97. The molecule has 192 valence electrons. The van der Waals surface area contributed by atoms with Crippen LogP contribution in [0.15, 0.2) is 114 Å². The van der Waals surface area contributed by atoms with Gasteiger partial charge in [0.25, 0.3) is 0 Å². The lowest BCUT2D eigenvalue weighted by Gasteiger charge is -2.26. The smallest absolute Gasteiger partial charge is 0.213 e. The Bertz CT molecular complexity index is 1390. The highest BCUT2D eigenvalue weighted by Gasteiger charge is 2.39. The minimum absolute atomic E-state index is 0.0456. The van der Waals surface area contributed by atoms with Crippen molar-refractivity contribution in [1.82, 2.24) is 10.3 Å². The predicted octanol–water partition coefficient (Wildman–Crippen LogP) is 7.67. The van der Waals surface area contributed by atoms with Crippen LogP contribution in [0.2, 0.25) is 0 Å². The molecule has 0 radical (unpaired) electrons. The summed E-state index contributed by atoms with van der Waals surface area (Å²) in [5.74, 6) is 0.855. The van der Waals surface area contributed by atoms with Gasteiger partial charge >= 0.3 is 0 Å². The highest BCUT2D eigenvalue weighted by atomic mass is 16.5. The van der Waals surface area contributed by atoms with Crippen molar-refractivity contribution in [3.8, 4) is 5.75 Å². The SMILES string of the molecule is CC.CC1(C)C2=C(NC(c3ccc(C4Nc5ccccc5O4)nc3)N=C2)c2ccccc21.c1ccccc1. The number of aromatic nitrogens is 1. The molecule has 38 heavy (non-hydrogen) atoms. The van der Waals surface area contributed by atoms with Crippen molar-refractivity contribution in [2.75, 3.05) is 5.32 Å². The topological polar surface area (TPSA) is 58.5 Å². The number of fused-ring (bicyclic) bond motifs is 3. The number of allylic oxidation sites excluding steroid dienone is 1. The first-order valence-electron chi connectivity index (χ1n) is 13.2. The van der Waals surface area contributed by atoms with Gasteiger partial charge in [0, 0.05) is 40.2 Å². The van der Waals surface area contributed by atoms with Crippen molar-refractivity contribution in [1.29, 1.82) is 0 Å². The fourth-order valence-corrected chi connectivity index (χ4v) is 4.96. The van der Waals surface area contributed by atoms with Crippen molar-refractivity contribution >= 4 is 17.6 Å². The quantitative estimate of drug-likeness (QED) is 0.295. The third kappa shape index (κ3) is 4.80. The van der Waals surface area contributed by atoms with Gasteiger partial charge in [-0.05, 0) is 23.8 Å². The first kappa shape index (κ1) is 25.3. The Morgan fingerprint density at radius 1 is 0.763 bits per heavy atom. The van der Waals surface area contributed by atoms with Gasteiger partial charge in [0.2, 0.25) is 6.23 Å². The Labute approximate surface area is 225 Å². The van der Waals surface area contributed by atoms with Crippen molar-refractivity contribution < 1.29 is 4.74 Å². The minimum atomic E-state index is -0.268. The zero-order valence-corrected chi connectivity index (χ0v) is 22.3. The maximum Gasteiger partial charge on any atom is 0.213 e. The third-order valence-electron chi connectivity index (χ3n) is 6.92. The molecule has 2 aliphatic heterocycles. The largest absolute Gasteiger partial charge is 0.463 e. The van der Waals surface area contributed by atoms with Crippen LogP contribution in [0.3, 0.4) is 0 Å². The Kier molecular flexibility index (Phi) is 7.27. The number of para-hydroxylation sites is 2. The minimum Gasteiger partial charge on any atom is -0.463 e. The van der Waals surface area contributed by atoms with Gasteiger partial charge in [-0.1, -0.05) is 107 Å². The number of anilines is 1. The summed E-state index contributed by atoms with van der Waals surface area (Å²) in [6.45, 7) is 8.51. The summed E-state index contributed by atoms with van der Waals surface area (Å²) >= 11 is 0. The van der Waals surface area contributed by atoms with E-state index >= 15 is 0 Å². The molecule has 1 aliphatic carbocycles. The van der Waals surface area contributed by atoms with Gasteiger partial charge in [0.05, 0.1) is 5.69 Å². The fourth-order valence-electron chi connectivity index (χ4n) is 4.96. The molecule has 5 heteroatoms. The van der Waals surface area contributed by atoms with Crippen LogP contribution in [0, 0.1) is 0 Å². The van der Waals surface area contributed by atoms with E-state index in [1.54, 1.807) is 0 Å². The lowest BCUT2D eigenvalue weighted by Crippen LogP contribution is -2.26. The van der Waals surface area contributed by atoms with Gasteiger partial charge in [-0.2, -0.15) is 0 Å². The van der Waals surface area contributed by atoms with Crippen LogP contribution in [-0.2, 0) is 5.41 Å². The number of hydrogen-bond acceptors (Lipinski definition) is 5. The number of pyridine rings is 1. The average Bonchev–Trinajstić information content (AvgIpc) is 3.52. The van der Waals surface area contributed by atoms with Crippen LogP contribution < -0.4 is 15.4 Å². The molecule has 1 aromatic heterocycles. The molecule has 0 saturated heterocycles. The van der Waals surface area contributed by atoms with Crippen molar-refractivity contribution in [2.24, 2.45) is 4.99 Å². The van der Waals surface area contributed by atoms with E-state index in [9.17, 15) is 0 Å². The molecule has 2 unspecified atom stereocenters. The second kappa shape index (κ2) is 10.9. The number of hydrogen-bond donors (Lipinski definition) is 2. The average molecular weight is 503 g/mol. The summed E-state index contributed by atoms with van der Waals surface area (Å²) in [4.78, 5) is 9.46. The van der Waals surface area contributed by atoms with Crippen molar-refractivity contribution in [3.05, 3.63) is 131 Å². The summed E-state index contributed by atoms with van der Waals surface area (Å²) < 4.78 is 5.97. The maximum atomic E-state index is 5.97. The number of benzene rings is 3. The highest BCUT2D eigenvalue weighted by molar-refractivity contribution is 5.99. The standard InChI is InChI=1S/C25H22N4O.C6H6.C2H6/c1-25(2)17-8-4-3-7-16(17)22-18(25)14-27-23(29-22)15-11-12-20(26-13-15)24-28-19-9-5-6-10-21(19)30-24;1-2-4-6-5-3-1;1-2/h3-14,23-24,28-29H,1-2H3;1-6H;1-2H3. The van der Waals surface area contributed by atoms with Crippen LogP contribution in [0.1, 0.15) is 62.5 Å². The Hall–Kier alpha value is -4.38. The normalized spacial score (nSPS) is 19.2. The number of nitrogens with one attached hydrogen (secondary N) is 2. The second-order valence-electron chi connectivity index (χ2n) is 9.59. The molecule has 5 nitrogen and oxygen atoms in total. The van der Waals surface area contributed by atoms with Crippen LogP contribution >= 0.6 is 0 Å². The molecule has 3 heterocycles. The third-order valence-corrected chi connectivity index (χ3v) is 6.92. The Balaban J connectivity index is 0.000000321. The molecule has 4 aromatic rings. The van der Waals surface area contributed by atoms with Gasteiger partial charge < -0.3 is 15.4 Å². The summed E-state index contributed by atoms with van der Waals surface area (Å²) in [6, 6.07) is 32.6. The molecule has 0 spiro atoms. The summed E-state index contributed by atoms with van der Waals surface area (Å²) in [6.07, 6.45) is 3.50. The molecule has 7 rings (SSSR count). The van der Waals surface area contributed by atoms with E-state index in [1.807, 2.05) is 93.0 Å². The molecule has 3 aromatic carbocycles. The van der Waals surface area contributed by atoms with Gasteiger partial charge in [0.15, 0.2) is 0 Å².